The third kappa shape index (κ3) is 3.62. The van der Waals surface area contributed by atoms with Crippen LogP contribution in [0.3, 0.4) is 0 Å². The number of aliphatic hydroxyl groups is 1. The maximum Gasteiger partial charge on any atom is 0.253 e. The quantitative estimate of drug-likeness (QED) is 0.684. The molecule has 0 aliphatic carbocycles. The Morgan fingerprint density at radius 1 is 1.38 bits per heavy atom. The number of nitrogens with zero attached hydrogens (tertiary/aromatic N) is 1. The van der Waals surface area contributed by atoms with E-state index in [9.17, 15) is 9.90 Å². The fraction of sp³-hybridized carbons (Fsp3) is 0.526. The Kier molecular flexibility index (Phi) is 5.53. The molecule has 2 aromatic rings. The van der Waals surface area contributed by atoms with Crippen LogP contribution in [0.4, 0.5) is 0 Å². The minimum Gasteiger partial charge on any atom is -0.395 e. The molecule has 3 N–H and O–H groups in total. The lowest BCUT2D eigenvalue weighted by molar-refractivity contribution is 0.0953. The van der Waals surface area contributed by atoms with Crippen LogP contribution >= 0.6 is 0 Å². The van der Waals surface area contributed by atoms with E-state index in [1.807, 2.05) is 31.2 Å². The largest absolute Gasteiger partial charge is 0.395 e. The van der Waals surface area contributed by atoms with E-state index >= 15 is 0 Å². The number of benzene rings is 1. The van der Waals surface area contributed by atoms with Gasteiger partial charge in [-0.3, -0.25) is 9.69 Å². The van der Waals surface area contributed by atoms with Crippen LogP contribution in [0.1, 0.15) is 41.7 Å². The molecule has 1 saturated heterocycles. The third-order valence-electron chi connectivity index (χ3n) is 4.99. The van der Waals surface area contributed by atoms with Crippen LogP contribution in [0.5, 0.6) is 0 Å². The van der Waals surface area contributed by atoms with E-state index in [1.54, 1.807) is 0 Å². The Morgan fingerprint density at radius 3 is 3.04 bits per heavy atom. The van der Waals surface area contributed by atoms with Crippen molar-refractivity contribution in [3.05, 3.63) is 35.5 Å². The number of carbonyl (C=O) groups is 1. The monoisotopic (exact) mass is 329 g/mol. The lowest BCUT2D eigenvalue weighted by Crippen LogP contribution is -2.33. The van der Waals surface area contributed by atoms with Gasteiger partial charge in [-0.05, 0) is 51.8 Å². The first kappa shape index (κ1) is 17.0. The molecule has 24 heavy (non-hydrogen) atoms. The minimum atomic E-state index is -0.000595. The SMILES string of the molecule is Cc1[nH]c2ccccc2c1C(=O)NCCCCN1CCCC1CO. The number of amides is 1. The number of rotatable bonds is 7. The van der Waals surface area contributed by atoms with Gasteiger partial charge in [-0.25, -0.2) is 0 Å². The Morgan fingerprint density at radius 2 is 2.21 bits per heavy atom. The van der Waals surface area contributed by atoms with Gasteiger partial charge < -0.3 is 15.4 Å². The standard InChI is InChI=1S/C19H27N3O2/c1-14-18(16-8-2-3-9-17(16)21-14)19(24)20-10-4-5-11-22-12-6-7-15(22)13-23/h2-3,8-9,15,21,23H,4-7,10-13H2,1H3,(H,20,24). The van der Waals surface area contributed by atoms with Crippen molar-refractivity contribution >= 4 is 16.8 Å². The summed E-state index contributed by atoms with van der Waals surface area (Å²) >= 11 is 0. The Labute approximate surface area is 143 Å². The van der Waals surface area contributed by atoms with E-state index < -0.39 is 0 Å². The number of hydrogen-bond acceptors (Lipinski definition) is 3. The zero-order chi connectivity index (χ0) is 16.9. The van der Waals surface area contributed by atoms with Gasteiger partial charge in [-0.15, -0.1) is 0 Å². The van der Waals surface area contributed by atoms with Gasteiger partial charge in [0.2, 0.25) is 0 Å². The molecule has 1 aliphatic heterocycles. The fourth-order valence-corrected chi connectivity index (χ4v) is 3.70. The van der Waals surface area contributed by atoms with Gasteiger partial charge in [0.05, 0.1) is 12.2 Å². The average molecular weight is 329 g/mol. The van der Waals surface area contributed by atoms with Crippen LogP contribution in [0.2, 0.25) is 0 Å². The number of nitrogens with one attached hydrogen (secondary N) is 2. The highest BCUT2D eigenvalue weighted by atomic mass is 16.3. The van der Waals surface area contributed by atoms with Gasteiger partial charge in [-0.2, -0.15) is 0 Å². The molecule has 5 nitrogen and oxygen atoms in total. The predicted molar refractivity (Wildman–Crippen MR) is 96.3 cm³/mol. The average Bonchev–Trinajstić information content (AvgIpc) is 3.17. The summed E-state index contributed by atoms with van der Waals surface area (Å²) < 4.78 is 0. The van der Waals surface area contributed by atoms with Crippen molar-refractivity contribution < 1.29 is 9.90 Å². The Hall–Kier alpha value is -1.85. The van der Waals surface area contributed by atoms with Crippen LogP contribution < -0.4 is 5.32 Å². The Bertz CT molecular complexity index is 695. The summed E-state index contributed by atoms with van der Waals surface area (Å²) in [6.07, 6.45) is 4.29. The zero-order valence-corrected chi connectivity index (χ0v) is 14.3. The lowest BCUT2D eigenvalue weighted by Gasteiger charge is -2.22. The third-order valence-corrected chi connectivity index (χ3v) is 4.99. The van der Waals surface area contributed by atoms with Crippen molar-refractivity contribution in [1.82, 2.24) is 15.2 Å². The second-order valence-corrected chi connectivity index (χ2v) is 6.65. The maximum atomic E-state index is 12.5. The highest BCUT2D eigenvalue weighted by Gasteiger charge is 2.22. The predicted octanol–water partition coefficient (Wildman–Crippen LogP) is 2.44. The lowest BCUT2D eigenvalue weighted by atomic mass is 10.1. The van der Waals surface area contributed by atoms with Crippen LogP contribution in [-0.2, 0) is 0 Å². The van der Waals surface area contributed by atoms with Crippen molar-refractivity contribution in [2.24, 2.45) is 0 Å². The number of aromatic amines is 1. The van der Waals surface area contributed by atoms with Crippen molar-refractivity contribution in [3.8, 4) is 0 Å². The van der Waals surface area contributed by atoms with Crippen molar-refractivity contribution in [1.29, 1.82) is 0 Å². The minimum absolute atomic E-state index is 0.000595. The smallest absolute Gasteiger partial charge is 0.253 e. The van der Waals surface area contributed by atoms with Crippen LogP contribution in [-0.4, -0.2) is 53.2 Å². The number of likely N-dealkylation sites (tertiary alicyclic amines) is 1. The van der Waals surface area contributed by atoms with Gasteiger partial charge in [0.25, 0.3) is 5.91 Å². The van der Waals surface area contributed by atoms with Gasteiger partial charge in [0.15, 0.2) is 0 Å². The second-order valence-electron chi connectivity index (χ2n) is 6.65. The summed E-state index contributed by atoms with van der Waals surface area (Å²) in [4.78, 5) is 18.1. The molecule has 0 radical (unpaired) electrons. The van der Waals surface area contributed by atoms with Crippen molar-refractivity contribution in [3.63, 3.8) is 0 Å². The molecule has 1 aromatic carbocycles. The topological polar surface area (TPSA) is 68.4 Å². The highest BCUT2D eigenvalue weighted by molar-refractivity contribution is 6.08. The first-order chi connectivity index (χ1) is 11.7. The van der Waals surface area contributed by atoms with Gasteiger partial charge in [0, 0.05) is 29.2 Å². The van der Waals surface area contributed by atoms with Crippen LogP contribution in [0.15, 0.2) is 24.3 Å². The summed E-state index contributed by atoms with van der Waals surface area (Å²) in [6.45, 7) is 4.99. The molecule has 0 bridgehead atoms. The van der Waals surface area contributed by atoms with Gasteiger partial charge in [0.1, 0.15) is 0 Å². The number of aliphatic hydroxyl groups excluding tert-OH is 1. The van der Waals surface area contributed by atoms with E-state index in [2.05, 4.69) is 15.2 Å². The van der Waals surface area contributed by atoms with E-state index in [-0.39, 0.29) is 12.5 Å². The number of aryl methyl sites for hydroxylation is 1. The molecule has 1 aliphatic rings. The molecule has 3 rings (SSSR count). The number of hydrogen-bond donors (Lipinski definition) is 3. The molecule has 1 amide bonds. The highest BCUT2D eigenvalue weighted by Crippen LogP contribution is 2.21. The molecule has 2 heterocycles. The zero-order valence-electron chi connectivity index (χ0n) is 14.3. The molecule has 130 valence electrons. The number of fused-ring (bicyclic) bond motifs is 1. The van der Waals surface area contributed by atoms with Crippen LogP contribution in [0, 0.1) is 6.92 Å². The molecular formula is C19H27N3O2. The van der Waals surface area contributed by atoms with E-state index in [0.717, 1.165) is 54.5 Å². The second kappa shape index (κ2) is 7.81. The molecule has 1 fully saturated rings. The van der Waals surface area contributed by atoms with Gasteiger partial charge in [-0.1, -0.05) is 18.2 Å². The summed E-state index contributed by atoms with van der Waals surface area (Å²) in [6, 6.07) is 8.24. The molecule has 5 heteroatoms. The number of para-hydroxylation sites is 1. The molecule has 0 spiro atoms. The number of unbranched alkanes of at least 4 members (excludes halogenated alkanes) is 1. The fourth-order valence-electron chi connectivity index (χ4n) is 3.70. The number of carbonyl (C=O) groups excluding carboxylic acids is 1. The molecule has 1 unspecified atom stereocenters. The first-order valence-corrected chi connectivity index (χ1v) is 8.91. The van der Waals surface area contributed by atoms with E-state index in [0.29, 0.717) is 12.6 Å². The normalized spacial score (nSPS) is 18.3. The summed E-state index contributed by atoms with van der Waals surface area (Å²) in [5, 5.41) is 13.4. The molecule has 0 saturated carbocycles. The Balaban J connectivity index is 1.46. The number of aromatic nitrogens is 1. The van der Waals surface area contributed by atoms with E-state index in [4.69, 9.17) is 0 Å². The van der Waals surface area contributed by atoms with Crippen molar-refractivity contribution in [2.75, 3.05) is 26.2 Å². The van der Waals surface area contributed by atoms with Crippen molar-refractivity contribution in [2.45, 2.75) is 38.6 Å². The van der Waals surface area contributed by atoms with E-state index in [1.165, 1.54) is 6.42 Å². The van der Waals surface area contributed by atoms with Crippen LogP contribution in [0.25, 0.3) is 10.9 Å². The molecule has 1 aromatic heterocycles. The summed E-state index contributed by atoms with van der Waals surface area (Å²) in [5.41, 5.74) is 2.67. The molecule has 1 atom stereocenters. The maximum absolute atomic E-state index is 12.5. The summed E-state index contributed by atoms with van der Waals surface area (Å²) in [7, 11) is 0. The summed E-state index contributed by atoms with van der Waals surface area (Å²) in [5.74, 6) is -0.000595. The molecular weight excluding hydrogens is 302 g/mol. The number of H-pyrrole nitrogens is 1. The van der Waals surface area contributed by atoms with Gasteiger partial charge >= 0.3 is 0 Å². The first-order valence-electron chi connectivity index (χ1n) is 8.91.